The van der Waals surface area contributed by atoms with Crippen LogP contribution in [0.5, 0.6) is 5.75 Å². The summed E-state index contributed by atoms with van der Waals surface area (Å²) in [7, 11) is 0. The van der Waals surface area contributed by atoms with Crippen LogP contribution < -0.4 is 4.74 Å². The molecule has 3 nitrogen and oxygen atoms in total. The second-order valence-electron chi connectivity index (χ2n) is 3.91. The Labute approximate surface area is 101 Å². The monoisotopic (exact) mass is 232 g/mol. The van der Waals surface area contributed by atoms with Crippen LogP contribution in [0.25, 0.3) is 0 Å². The van der Waals surface area contributed by atoms with Crippen LogP contribution in [0.15, 0.2) is 36.4 Å². The summed E-state index contributed by atoms with van der Waals surface area (Å²) in [4.78, 5) is 11.2. The molecule has 0 fully saturated rings. The summed E-state index contributed by atoms with van der Waals surface area (Å²) in [6, 6.07) is 7.99. The molecule has 0 aromatic heterocycles. The van der Waals surface area contributed by atoms with Crippen LogP contribution in [-0.2, 0) is 16.0 Å². The van der Waals surface area contributed by atoms with Crippen molar-refractivity contribution in [3.05, 3.63) is 42.0 Å². The molecule has 0 bridgehead atoms. The van der Waals surface area contributed by atoms with Crippen LogP contribution in [0.2, 0.25) is 0 Å². The van der Waals surface area contributed by atoms with Crippen LogP contribution in [0.1, 0.15) is 18.9 Å². The van der Waals surface area contributed by atoms with Crippen molar-refractivity contribution in [2.75, 3.05) is 6.61 Å². The molecule has 1 aromatic carbocycles. The van der Waals surface area contributed by atoms with E-state index < -0.39 is 0 Å². The molecule has 0 N–H and O–H groups in total. The van der Waals surface area contributed by atoms with E-state index in [-0.39, 0.29) is 12.1 Å². The van der Waals surface area contributed by atoms with Crippen molar-refractivity contribution in [3.63, 3.8) is 0 Å². The van der Waals surface area contributed by atoms with Gasteiger partial charge in [-0.05, 0) is 37.5 Å². The molecule has 0 radical (unpaired) electrons. The first-order valence-electron chi connectivity index (χ1n) is 5.89. The zero-order chi connectivity index (χ0) is 12.1. The molecule has 0 spiro atoms. The Morgan fingerprint density at radius 1 is 1.53 bits per heavy atom. The Morgan fingerprint density at radius 3 is 3.18 bits per heavy atom. The van der Waals surface area contributed by atoms with Gasteiger partial charge in [0.2, 0.25) is 0 Å². The van der Waals surface area contributed by atoms with E-state index in [0.29, 0.717) is 6.61 Å². The van der Waals surface area contributed by atoms with Gasteiger partial charge in [0.1, 0.15) is 11.9 Å². The van der Waals surface area contributed by atoms with Gasteiger partial charge in [0, 0.05) is 6.08 Å². The average Bonchev–Trinajstić information content (AvgIpc) is 2.36. The van der Waals surface area contributed by atoms with Gasteiger partial charge in [0.15, 0.2) is 0 Å². The number of hydrogen-bond acceptors (Lipinski definition) is 3. The van der Waals surface area contributed by atoms with Crippen LogP contribution in [0.3, 0.4) is 0 Å². The van der Waals surface area contributed by atoms with Gasteiger partial charge in [0.05, 0.1) is 6.61 Å². The van der Waals surface area contributed by atoms with Crippen molar-refractivity contribution >= 4 is 5.97 Å². The molecule has 0 saturated heterocycles. The largest absolute Gasteiger partial charge is 0.486 e. The molecule has 90 valence electrons. The average molecular weight is 232 g/mol. The number of carbonyl (C=O) groups is 1. The SMILES string of the molecule is CCOC(=O)C=C[C@H]1CCc2ccccc2O1. The first-order valence-corrected chi connectivity index (χ1v) is 5.89. The minimum atomic E-state index is -0.310. The summed E-state index contributed by atoms with van der Waals surface area (Å²) in [5.74, 6) is 0.604. The zero-order valence-corrected chi connectivity index (χ0v) is 9.89. The maximum atomic E-state index is 11.2. The molecule has 0 saturated carbocycles. The quantitative estimate of drug-likeness (QED) is 0.593. The summed E-state index contributed by atoms with van der Waals surface area (Å²) >= 11 is 0. The first-order chi connectivity index (χ1) is 8.29. The molecule has 1 atom stereocenters. The number of para-hydroxylation sites is 1. The number of esters is 1. The predicted octanol–water partition coefficient (Wildman–Crippen LogP) is 2.50. The van der Waals surface area contributed by atoms with Crippen molar-refractivity contribution in [2.24, 2.45) is 0 Å². The van der Waals surface area contributed by atoms with Crippen molar-refractivity contribution in [3.8, 4) is 5.75 Å². The minimum absolute atomic E-state index is 0.0330. The third kappa shape index (κ3) is 3.09. The van der Waals surface area contributed by atoms with E-state index in [9.17, 15) is 4.79 Å². The Balaban J connectivity index is 1.96. The minimum Gasteiger partial charge on any atom is -0.486 e. The van der Waals surface area contributed by atoms with Gasteiger partial charge >= 0.3 is 5.97 Å². The highest BCUT2D eigenvalue weighted by Gasteiger charge is 2.16. The molecule has 0 unspecified atom stereocenters. The summed E-state index contributed by atoms with van der Waals surface area (Å²) in [6.45, 7) is 2.19. The second-order valence-corrected chi connectivity index (χ2v) is 3.91. The number of hydrogen-bond donors (Lipinski definition) is 0. The number of rotatable bonds is 3. The fourth-order valence-electron chi connectivity index (χ4n) is 1.86. The van der Waals surface area contributed by atoms with E-state index in [1.165, 1.54) is 11.6 Å². The highest BCUT2D eigenvalue weighted by Crippen LogP contribution is 2.27. The van der Waals surface area contributed by atoms with E-state index >= 15 is 0 Å². The molecule has 1 aliphatic rings. The highest BCUT2D eigenvalue weighted by atomic mass is 16.5. The first kappa shape index (κ1) is 11.7. The second kappa shape index (κ2) is 5.53. The molecular formula is C14H16O3. The summed E-state index contributed by atoms with van der Waals surface area (Å²) in [6.07, 6.45) is 5.06. The van der Waals surface area contributed by atoms with Crippen molar-refractivity contribution in [1.29, 1.82) is 0 Å². The standard InChI is InChI=1S/C14H16O3/c1-2-16-14(15)10-9-12-8-7-11-5-3-4-6-13(11)17-12/h3-6,9-10,12H,2,7-8H2,1H3/t12-/m1/s1. The number of benzene rings is 1. The Morgan fingerprint density at radius 2 is 2.35 bits per heavy atom. The van der Waals surface area contributed by atoms with Crippen molar-refractivity contribution < 1.29 is 14.3 Å². The third-order valence-corrected chi connectivity index (χ3v) is 2.68. The lowest BCUT2D eigenvalue weighted by atomic mass is 10.0. The molecule has 17 heavy (non-hydrogen) atoms. The van der Waals surface area contributed by atoms with Gasteiger partial charge < -0.3 is 9.47 Å². The summed E-state index contributed by atoms with van der Waals surface area (Å²) in [5, 5.41) is 0. The van der Waals surface area contributed by atoms with E-state index in [2.05, 4.69) is 6.07 Å². The molecule has 1 heterocycles. The number of ether oxygens (including phenoxy) is 2. The third-order valence-electron chi connectivity index (χ3n) is 2.68. The molecule has 3 heteroatoms. The highest BCUT2D eigenvalue weighted by molar-refractivity contribution is 5.81. The number of aryl methyl sites for hydroxylation is 1. The van der Waals surface area contributed by atoms with Crippen LogP contribution >= 0.6 is 0 Å². The normalized spacial score (nSPS) is 18.5. The Kier molecular flexibility index (Phi) is 3.81. The lowest BCUT2D eigenvalue weighted by molar-refractivity contribution is -0.137. The van der Waals surface area contributed by atoms with Gasteiger partial charge in [-0.1, -0.05) is 18.2 Å². The molecule has 2 rings (SSSR count). The zero-order valence-electron chi connectivity index (χ0n) is 9.89. The van der Waals surface area contributed by atoms with Crippen LogP contribution in [0, 0.1) is 0 Å². The topological polar surface area (TPSA) is 35.5 Å². The maximum absolute atomic E-state index is 11.2. The van der Waals surface area contributed by atoms with E-state index in [0.717, 1.165) is 18.6 Å². The summed E-state index contributed by atoms with van der Waals surface area (Å²) in [5.41, 5.74) is 1.23. The van der Waals surface area contributed by atoms with E-state index in [4.69, 9.17) is 9.47 Å². The van der Waals surface area contributed by atoms with Crippen molar-refractivity contribution in [1.82, 2.24) is 0 Å². The van der Waals surface area contributed by atoms with Gasteiger partial charge in [0.25, 0.3) is 0 Å². The lowest BCUT2D eigenvalue weighted by Crippen LogP contribution is -2.20. The predicted molar refractivity (Wildman–Crippen MR) is 65.0 cm³/mol. The van der Waals surface area contributed by atoms with Gasteiger partial charge in [-0.25, -0.2) is 4.79 Å². The number of carbonyl (C=O) groups excluding carboxylic acids is 1. The molecule has 1 aromatic rings. The van der Waals surface area contributed by atoms with Crippen molar-refractivity contribution in [2.45, 2.75) is 25.9 Å². The molecule has 1 aliphatic heterocycles. The van der Waals surface area contributed by atoms with E-state index in [1.807, 2.05) is 18.2 Å². The molecular weight excluding hydrogens is 216 g/mol. The fourth-order valence-corrected chi connectivity index (χ4v) is 1.86. The lowest BCUT2D eigenvalue weighted by Gasteiger charge is -2.23. The molecule has 0 aliphatic carbocycles. The van der Waals surface area contributed by atoms with Crippen LogP contribution in [0.4, 0.5) is 0 Å². The number of fused-ring (bicyclic) bond motifs is 1. The Hall–Kier alpha value is -1.77. The fraction of sp³-hybridized carbons (Fsp3) is 0.357. The molecule has 0 amide bonds. The smallest absolute Gasteiger partial charge is 0.330 e. The van der Waals surface area contributed by atoms with Crippen LogP contribution in [-0.4, -0.2) is 18.7 Å². The maximum Gasteiger partial charge on any atom is 0.330 e. The summed E-state index contributed by atoms with van der Waals surface area (Å²) < 4.78 is 10.6. The van der Waals surface area contributed by atoms with Gasteiger partial charge in [-0.15, -0.1) is 0 Å². The van der Waals surface area contributed by atoms with Gasteiger partial charge in [-0.2, -0.15) is 0 Å². The van der Waals surface area contributed by atoms with Gasteiger partial charge in [-0.3, -0.25) is 0 Å². The van der Waals surface area contributed by atoms with E-state index in [1.54, 1.807) is 13.0 Å². The Bertz CT molecular complexity index is 423.